The van der Waals surface area contributed by atoms with E-state index in [1.165, 1.54) is 0 Å². The summed E-state index contributed by atoms with van der Waals surface area (Å²) in [7, 11) is 3.61. The summed E-state index contributed by atoms with van der Waals surface area (Å²) in [5, 5.41) is 8.19. The Morgan fingerprint density at radius 1 is 1.38 bits per heavy atom. The first-order chi connectivity index (χ1) is 7.58. The van der Waals surface area contributed by atoms with Gasteiger partial charge in [-0.3, -0.25) is 14.2 Å². The van der Waals surface area contributed by atoms with Crippen molar-refractivity contribution in [2.24, 2.45) is 14.1 Å². The molecule has 5 nitrogen and oxygen atoms in total. The number of aryl methyl sites for hydroxylation is 3. The van der Waals surface area contributed by atoms with Crippen molar-refractivity contribution in [2.45, 2.75) is 13.3 Å². The fraction of sp³-hybridized carbons (Fsp3) is 0.364. The third kappa shape index (κ3) is 1.88. The molecule has 2 rings (SSSR count). The molecule has 0 atom stereocenters. The largest absolute Gasteiger partial charge is 0.292 e. The molecule has 16 heavy (non-hydrogen) atoms. The van der Waals surface area contributed by atoms with E-state index in [2.05, 4.69) is 10.2 Å². The minimum absolute atomic E-state index is 0.0583. The summed E-state index contributed by atoms with van der Waals surface area (Å²) < 4.78 is 3.33. The molecule has 0 unspecified atom stereocenters. The number of ketones is 1. The summed E-state index contributed by atoms with van der Waals surface area (Å²) in [6, 6.07) is 3.65. The molecule has 2 heterocycles. The second-order valence-electron chi connectivity index (χ2n) is 3.84. The maximum absolute atomic E-state index is 12.0. The number of nitrogens with zero attached hydrogens (tertiary/aromatic N) is 4. The molecule has 84 valence electrons. The first-order valence-electron chi connectivity index (χ1n) is 5.08. The van der Waals surface area contributed by atoms with Gasteiger partial charge in [0.05, 0.1) is 12.1 Å². The second-order valence-corrected chi connectivity index (χ2v) is 3.84. The minimum atomic E-state index is 0.0583. The van der Waals surface area contributed by atoms with Gasteiger partial charge in [-0.05, 0) is 19.1 Å². The van der Waals surface area contributed by atoms with Crippen molar-refractivity contribution < 1.29 is 4.79 Å². The number of aromatic nitrogens is 4. The van der Waals surface area contributed by atoms with Crippen LogP contribution in [0.1, 0.15) is 21.9 Å². The Bertz CT molecular complexity index is 524. The van der Waals surface area contributed by atoms with Gasteiger partial charge in [-0.15, -0.1) is 0 Å². The van der Waals surface area contributed by atoms with Crippen LogP contribution in [0.15, 0.2) is 18.3 Å². The lowest BCUT2D eigenvalue weighted by Gasteiger charge is -2.01. The molecule has 0 aromatic carbocycles. The van der Waals surface area contributed by atoms with Gasteiger partial charge in [0.1, 0.15) is 5.69 Å². The van der Waals surface area contributed by atoms with E-state index in [0.717, 1.165) is 11.4 Å². The van der Waals surface area contributed by atoms with E-state index in [1.54, 1.807) is 28.7 Å². The van der Waals surface area contributed by atoms with E-state index in [9.17, 15) is 4.79 Å². The monoisotopic (exact) mass is 218 g/mol. The normalized spacial score (nSPS) is 10.7. The summed E-state index contributed by atoms with van der Waals surface area (Å²) in [6.07, 6.45) is 1.98. The lowest BCUT2D eigenvalue weighted by atomic mass is 10.1. The fourth-order valence-corrected chi connectivity index (χ4v) is 1.73. The Morgan fingerprint density at radius 2 is 2.12 bits per heavy atom. The zero-order valence-electron chi connectivity index (χ0n) is 9.64. The molecule has 5 heteroatoms. The standard InChI is InChI=1S/C11H14N4O/c1-8-6-9(14(2)13-8)7-11(16)10-4-5-12-15(10)3/h4-6H,7H2,1-3H3. The van der Waals surface area contributed by atoms with Gasteiger partial charge in [0.15, 0.2) is 5.78 Å². The van der Waals surface area contributed by atoms with E-state index in [1.807, 2.05) is 20.0 Å². The number of Topliss-reactive ketones (excluding diaryl/α,β-unsaturated/α-hetero) is 1. The van der Waals surface area contributed by atoms with E-state index < -0.39 is 0 Å². The second kappa shape index (κ2) is 3.92. The number of hydrogen-bond acceptors (Lipinski definition) is 3. The van der Waals surface area contributed by atoms with Crippen LogP contribution in [0.5, 0.6) is 0 Å². The van der Waals surface area contributed by atoms with E-state index in [4.69, 9.17) is 0 Å². The van der Waals surface area contributed by atoms with Crippen LogP contribution >= 0.6 is 0 Å². The number of hydrogen-bond donors (Lipinski definition) is 0. The molecule has 0 N–H and O–H groups in total. The third-order valence-corrected chi connectivity index (χ3v) is 2.55. The van der Waals surface area contributed by atoms with Gasteiger partial charge >= 0.3 is 0 Å². The van der Waals surface area contributed by atoms with Crippen molar-refractivity contribution in [1.82, 2.24) is 19.6 Å². The predicted octanol–water partition coefficient (Wildman–Crippen LogP) is 0.887. The van der Waals surface area contributed by atoms with Crippen molar-refractivity contribution in [3.05, 3.63) is 35.4 Å². The summed E-state index contributed by atoms with van der Waals surface area (Å²) in [6.45, 7) is 1.91. The molecule has 0 spiro atoms. The van der Waals surface area contributed by atoms with Crippen molar-refractivity contribution in [3.63, 3.8) is 0 Å². The Hall–Kier alpha value is -1.91. The minimum Gasteiger partial charge on any atom is -0.292 e. The maximum atomic E-state index is 12.0. The van der Waals surface area contributed by atoms with Crippen LogP contribution in [0.25, 0.3) is 0 Å². The SMILES string of the molecule is Cc1cc(CC(=O)c2ccnn2C)n(C)n1. The molecular formula is C11H14N4O. The van der Waals surface area contributed by atoms with Crippen molar-refractivity contribution in [3.8, 4) is 0 Å². The molecule has 2 aromatic rings. The average molecular weight is 218 g/mol. The van der Waals surface area contributed by atoms with E-state index in [0.29, 0.717) is 12.1 Å². The van der Waals surface area contributed by atoms with Crippen molar-refractivity contribution >= 4 is 5.78 Å². The molecule has 2 aromatic heterocycles. The zero-order chi connectivity index (χ0) is 11.7. The summed E-state index contributed by atoms with van der Waals surface area (Å²) in [5.41, 5.74) is 2.47. The Balaban J connectivity index is 2.20. The van der Waals surface area contributed by atoms with Crippen LogP contribution in [-0.2, 0) is 20.5 Å². The van der Waals surface area contributed by atoms with Crippen molar-refractivity contribution in [2.75, 3.05) is 0 Å². The van der Waals surface area contributed by atoms with Gasteiger partial charge in [-0.2, -0.15) is 10.2 Å². The van der Waals surface area contributed by atoms with Crippen LogP contribution in [0, 0.1) is 6.92 Å². The van der Waals surface area contributed by atoms with Crippen LogP contribution in [-0.4, -0.2) is 25.3 Å². The Morgan fingerprint density at radius 3 is 2.62 bits per heavy atom. The Kier molecular flexibility index (Phi) is 2.60. The van der Waals surface area contributed by atoms with Gasteiger partial charge in [0.25, 0.3) is 0 Å². The molecule has 0 aliphatic heterocycles. The summed E-state index contributed by atoms with van der Waals surface area (Å²) >= 11 is 0. The smallest absolute Gasteiger partial charge is 0.186 e. The molecule has 0 aliphatic carbocycles. The van der Waals surface area contributed by atoms with Crippen LogP contribution in [0.4, 0.5) is 0 Å². The molecule has 0 fully saturated rings. The highest BCUT2D eigenvalue weighted by Gasteiger charge is 2.13. The molecule has 0 amide bonds. The zero-order valence-corrected chi connectivity index (χ0v) is 9.64. The molecule has 0 saturated carbocycles. The highest BCUT2D eigenvalue weighted by molar-refractivity contribution is 5.95. The van der Waals surface area contributed by atoms with Crippen LogP contribution in [0.3, 0.4) is 0 Å². The highest BCUT2D eigenvalue weighted by Crippen LogP contribution is 2.07. The summed E-state index contributed by atoms with van der Waals surface area (Å²) in [5.74, 6) is 0.0583. The summed E-state index contributed by atoms with van der Waals surface area (Å²) in [4.78, 5) is 12.0. The molecule has 0 bridgehead atoms. The average Bonchev–Trinajstić information content (AvgIpc) is 2.74. The third-order valence-electron chi connectivity index (χ3n) is 2.55. The van der Waals surface area contributed by atoms with Gasteiger partial charge in [0, 0.05) is 26.0 Å². The van der Waals surface area contributed by atoms with Gasteiger partial charge in [-0.25, -0.2) is 0 Å². The quantitative estimate of drug-likeness (QED) is 0.719. The topological polar surface area (TPSA) is 52.7 Å². The fourth-order valence-electron chi connectivity index (χ4n) is 1.73. The lowest BCUT2D eigenvalue weighted by Crippen LogP contribution is -2.12. The molecule has 0 radical (unpaired) electrons. The highest BCUT2D eigenvalue weighted by atomic mass is 16.1. The predicted molar refractivity (Wildman–Crippen MR) is 59.2 cm³/mol. The first kappa shape index (κ1) is 10.6. The van der Waals surface area contributed by atoms with E-state index >= 15 is 0 Å². The van der Waals surface area contributed by atoms with Crippen LogP contribution in [0.2, 0.25) is 0 Å². The van der Waals surface area contributed by atoms with Gasteiger partial charge < -0.3 is 0 Å². The number of carbonyl (C=O) groups is 1. The molecule has 0 aliphatic rings. The number of rotatable bonds is 3. The van der Waals surface area contributed by atoms with Crippen LogP contribution < -0.4 is 0 Å². The Labute approximate surface area is 93.7 Å². The lowest BCUT2D eigenvalue weighted by molar-refractivity contribution is 0.0981. The first-order valence-corrected chi connectivity index (χ1v) is 5.08. The molecular weight excluding hydrogens is 204 g/mol. The van der Waals surface area contributed by atoms with Crippen molar-refractivity contribution in [1.29, 1.82) is 0 Å². The van der Waals surface area contributed by atoms with E-state index in [-0.39, 0.29) is 5.78 Å². The molecule has 0 saturated heterocycles. The van der Waals surface area contributed by atoms with Gasteiger partial charge in [0.2, 0.25) is 0 Å². The number of carbonyl (C=O) groups excluding carboxylic acids is 1. The van der Waals surface area contributed by atoms with Gasteiger partial charge in [-0.1, -0.05) is 0 Å². The maximum Gasteiger partial charge on any atom is 0.186 e.